The molecule has 0 heterocycles. The van der Waals surface area contributed by atoms with Gasteiger partial charge in [-0.05, 0) is 37.4 Å². The summed E-state index contributed by atoms with van der Waals surface area (Å²) in [6, 6.07) is 9.42. The van der Waals surface area contributed by atoms with Crippen LogP contribution in [0.3, 0.4) is 0 Å². The van der Waals surface area contributed by atoms with Gasteiger partial charge in [0.1, 0.15) is 0 Å². The summed E-state index contributed by atoms with van der Waals surface area (Å²) < 4.78 is 0. The Balaban J connectivity index is 2.60. The summed E-state index contributed by atoms with van der Waals surface area (Å²) in [5, 5.41) is 3.50. The van der Waals surface area contributed by atoms with E-state index in [9.17, 15) is 0 Å². The Bertz CT molecular complexity index is 396. The summed E-state index contributed by atoms with van der Waals surface area (Å²) in [6.07, 6.45) is 1.98. The van der Waals surface area contributed by atoms with Crippen LogP contribution in [-0.2, 0) is 13.1 Å². The van der Waals surface area contributed by atoms with E-state index in [-0.39, 0.29) is 0 Å². The Hall–Kier alpha value is -1.12. The molecule has 0 fully saturated rings. The molecule has 1 rings (SSSR count). The van der Waals surface area contributed by atoms with Gasteiger partial charge in [0, 0.05) is 25.7 Å². The standard InChI is InChI=1S/C18H30N2/c1-6-10-20(16(4)5)14-18-9-7-8-17(11-18)13-19-12-15(2)3/h6-9,11,15-16,19H,1,10,12-14H2,2-5H3. The van der Waals surface area contributed by atoms with Crippen molar-refractivity contribution in [2.75, 3.05) is 13.1 Å². The summed E-state index contributed by atoms with van der Waals surface area (Å²) in [5.41, 5.74) is 2.75. The highest BCUT2D eigenvalue weighted by Crippen LogP contribution is 2.11. The fourth-order valence-corrected chi connectivity index (χ4v) is 2.20. The normalized spacial score (nSPS) is 11.6. The molecule has 0 saturated carbocycles. The van der Waals surface area contributed by atoms with Crippen LogP contribution >= 0.6 is 0 Å². The van der Waals surface area contributed by atoms with Crippen molar-refractivity contribution in [3.05, 3.63) is 48.0 Å². The first-order valence-electron chi connectivity index (χ1n) is 7.66. The molecule has 0 spiro atoms. The number of rotatable bonds is 9. The number of hydrogen-bond donors (Lipinski definition) is 1. The van der Waals surface area contributed by atoms with Crippen LogP contribution < -0.4 is 5.32 Å². The highest BCUT2D eigenvalue weighted by molar-refractivity contribution is 5.23. The number of benzene rings is 1. The van der Waals surface area contributed by atoms with Gasteiger partial charge in [-0.15, -0.1) is 6.58 Å². The van der Waals surface area contributed by atoms with Crippen molar-refractivity contribution in [1.29, 1.82) is 0 Å². The third-order valence-corrected chi connectivity index (χ3v) is 3.35. The van der Waals surface area contributed by atoms with Gasteiger partial charge in [-0.2, -0.15) is 0 Å². The van der Waals surface area contributed by atoms with Crippen LogP contribution in [0.4, 0.5) is 0 Å². The molecule has 0 saturated heterocycles. The van der Waals surface area contributed by atoms with Gasteiger partial charge in [0.25, 0.3) is 0 Å². The van der Waals surface area contributed by atoms with Crippen molar-refractivity contribution in [3.8, 4) is 0 Å². The SMILES string of the molecule is C=CCN(Cc1cccc(CNCC(C)C)c1)C(C)C. The van der Waals surface area contributed by atoms with E-state index < -0.39 is 0 Å². The maximum Gasteiger partial charge on any atom is 0.0239 e. The first-order valence-corrected chi connectivity index (χ1v) is 7.66. The summed E-state index contributed by atoms with van der Waals surface area (Å²) in [5.74, 6) is 0.696. The average Bonchev–Trinajstić information content (AvgIpc) is 2.38. The Morgan fingerprint density at radius 2 is 1.90 bits per heavy atom. The largest absolute Gasteiger partial charge is 0.312 e. The molecule has 0 radical (unpaired) electrons. The highest BCUT2D eigenvalue weighted by Gasteiger charge is 2.08. The molecular weight excluding hydrogens is 244 g/mol. The van der Waals surface area contributed by atoms with E-state index in [1.807, 2.05) is 6.08 Å². The van der Waals surface area contributed by atoms with Crippen molar-refractivity contribution in [2.45, 2.75) is 46.8 Å². The quantitative estimate of drug-likeness (QED) is 0.689. The predicted molar refractivity (Wildman–Crippen MR) is 88.7 cm³/mol. The first kappa shape index (κ1) is 16.9. The predicted octanol–water partition coefficient (Wildman–Crippen LogP) is 3.83. The topological polar surface area (TPSA) is 15.3 Å². The molecule has 0 aliphatic carbocycles. The Morgan fingerprint density at radius 1 is 1.20 bits per heavy atom. The minimum Gasteiger partial charge on any atom is -0.312 e. The van der Waals surface area contributed by atoms with E-state index in [0.717, 1.165) is 26.2 Å². The van der Waals surface area contributed by atoms with Gasteiger partial charge in [0.05, 0.1) is 0 Å². The molecule has 1 aromatic rings. The summed E-state index contributed by atoms with van der Waals surface area (Å²) in [6.45, 7) is 16.7. The van der Waals surface area contributed by atoms with E-state index in [4.69, 9.17) is 0 Å². The second kappa shape index (κ2) is 8.93. The van der Waals surface area contributed by atoms with Crippen LogP contribution in [0.2, 0.25) is 0 Å². The zero-order chi connectivity index (χ0) is 15.0. The molecule has 0 amide bonds. The first-order chi connectivity index (χ1) is 9.52. The maximum atomic E-state index is 3.85. The lowest BCUT2D eigenvalue weighted by Crippen LogP contribution is -2.30. The monoisotopic (exact) mass is 274 g/mol. The van der Waals surface area contributed by atoms with Gasteiger partial charge in [-0.25, -0.2) is 0 Å². The second-order valence-corrected chi connectivity index (χ2v) is 6.16. The van der Waals surface area contributed by atoms with Gasteiger partial charge in [0.15, 0.2) is 0 Å². The molecule has 1 aromatic carbocycles. The van der Waals surface area contributed by atoms with Crippen LogP contribution in [0.5, 0.6) is 0 Å². The minimum absolute atomic E-state index is 0.538. The number of nitrogens with one attached hydrogen (secondary N) is 1. The van der Waals surface area contributed by atoms with E-state index in [2.05, 4.69) is 68.8 Å². The Labute approximate surface area is 124 Å². The number of hydrogen-bond acceptors (Lipinski definition) is 2. The van der Waals surface area contributed by atoms with Crippen molar-refractivity contribution >= 4 is 0 Å². The van der Waals surface area contributed by atoms with Crippen LogP contribution in [0.15, 0.2) is 36.9 Å². The second-order valence-electron chi connectivity index (χ2n) is 6.16. The molecular formula is C18H30N2. The molecule has 20 heavy (non-hydrogen) atoms. The van der Waals surface area contributed by atoms with E-state index in [0.29, 0.717) is 12.0 Å². The van der Waals surface area contributed by atoms with Crippen LogP contribution in [0, 0.1) is 5.92 Å². The average molecular weight is 274 g/mol. The fraction of sp³-hybridized carbons (Fsp3) is 0.556. The molecule has 0 unspecified atom stereocenters. The lowest BCUT2D eigenvalue weighted by molar-refractivity contribution is 0.237. The molecule has 0 bridgehead atoms. The van der Waals surface area contributed by atoms with E-state index >= 15 is 0 Å². The lowest BCUT2D eigenvalue weighted by atomic mass is 10.1. The van der Waals surface area contributed by atoms with Crippen molar-refractivity contribution in [2.24, 2.45) is 5.92 Å². The molecule has 2 heteroatoms. The zero-order valence-electron chi connectivity index (χ0n) is 13.5. The summed E-state index contributed by atoms with van der Waals surface area (Å²) >= 11 is 0. The van der Waals surface area contributed by atoms with Crippen molar-refractivity contribution < 1.29 is 0 Å². The van der Waals surface area contributed by atoms with Gasteiger partial charge in [0.2, 0.25) is 0 Å². The lowest BCUT2D eigenvalue weighted by Gasteiger charge is -2.25. The molecule has 0 aliphatic heterocycles. The van der Waals surface area contributed by atoms with E-state index in [1.54, 1.807) is 0 Å². The van der Waals surface area contributed by atoms with Crippen molar-refractivity contribution in [1.82, 2.24) is 10.2 Å². The van der Waals surface area contributed by atoms with Gasteiger partial charge >= 0.3 is 0 Å². The minimum atomic E-state index is 0.538. The molecule has 1 N–H and O–H groups in total. The van der Waals surface area contributed by atoms with E-state index in [1.165, 1.54) is 11.1 Å². The molecule has 112 valence electrons. The third-order valence-electron chi connectivity index (χ3n) is 3.35. The van der Waals surface area contributed by atoms with Gasteiger partial charge in [-0.1, -0.05) is 44.2 Å². The molecule has 2 nitrogen and oxygen atoms in total. The molecule has 0 aliphatic rings. The number of nitrogens with zero attached hydrogens (tertiary/aromatic N) is 1. The summed E-state index contributed by atoms with van der Waals surface area (Å²) in [4.78, 5) is 2.42. The van der Waals surface area contributed by atoms with Gasteiger partial charge in [-0.3, -0.25) is 4.90 Å². The Morgan fingerprint density at radius 3 is 2.50 bits per heavy atom. The third kappa shape index (κ3) is 6.36. The van der Waals surface area contributed by atoms with Crippen LogP contribution in [0.1, 0.15) is 38.8 Å². The van der Waals surface area contributed by atoms with Crippen molar-refractivity contribution in [3.63, 3.8) is 0 Å². The maximum absolute atomic E-state index is 3.85. The molecule has 0 atom stereocenters. The fourth-order valence-electron chi connectivity index (χ4n) is 2.20. The van der Waals surface area contributed by atoms with Gasteiger partial charge < -0.3 is 5.32 Å². The van der Waals surface area contributed by atoms with Crippen LogP contribution in [0.25, 0.3) is 0 Å². The highest BCUT2D eigenvalue weighted by atomic mass is 15.1. The summed E-state index contributed by atoms with van der Waals surface area (Å²) in [7, 11) is 0. The van der Waals surface area contributed by atoms with Crippen LogP contribution in [-0.4, -0.2) is 24.0 Å². The smallest absolute Gasteiger partial charge is 0.0239 e. The molecule has 0 aromatic heterocycles. The Kier molecular flexibility index (Phi) is 7.56. The zero-order valence-corrected chi connectivity index (χ0v) is 13.5.